The molecule has 3 N–H and O–H groups in total. The molecule has 4 nitrogen and oxygen atoms in total. The van der Waals surface area contributed by atoms with E-state index in [9.17, 15) is 5.11 Å². The second-order valence-electron chi connectivity index (χ2n) is 4.91. The van der Waals surface area contributed by atoms with Crippen LogP contribution in [0.3, 0.4) is 0 Å². The molecule has 0 bridgehead atoms. The lowest BCUT2D eigenvalue weighted by molar-refractivity contribution is 0.142. The van der Waals surface area contributed by atoms with E-state index >= 15 is 0 Å². The second-order valence-corrected chi connectivity index (χ2v) is 4.91. The van der Waals surface area contributed by atoms with Crippen LogP contribution >= 0.6 is 0 Å². The lowest BCUT2D eigenvalue weighted by Gasteiger charge is -2.21. The van der Waals surface area contributed by atoms with Crippen LogP contribution in [0.25, 0.3) is 0 Å². The van der Waals surface area contributed by atoms with Crippen molar-refractivity contribution in [1.29, 1.82) is 0 Å². The van der Waals surface area contributed by atoms with Crippen molar-refractivity contribution in [2.45, 2.75) is 18.6 Å². The maximum Gasteiger partial charge on any atom is 0.124 e. The topological polar surface area (TPSA) is 64.7 Å². The third-order valence-corrected chi connectivity index (χ3v) is 3.48. The molecule has 0 saturated heterocycles. The lowest BCUT2D eigenvalue weighted by atomic mass is 9.96. The van der Waals surface area contributed by atoms with Crippen LogP contribution in [0, 0.1) is 0 Å². The summed E-state index contributed by atoms with van der Waals surface area (Å²) in [7, 11) is 3.16. The first-order chi connectivity index (χ1) is 10.2. The van der Waals surface area contributed by atoms with Gasteiger partial charge in [-0.2, -0.15) is 0 Å². The summed E-state index contributed by atoms with van der Waals surface area (Å²) in [5.41, 5.74) is 7.88. The molecule has 0 aromatic heterocycles. The number of rotatable bonds is 6. The molecule has 2 aromatic carbocycles. The van der Waals surface area contributed by atoms with Crippen LogP contribution in [0.5, 0.6) is 11.5 Å². The zero-order valence-electron chi connectivity index (χ0n) is 12.3. The molecule has 112 valence electrons. The summed E-state index contributed by atoms with van der Waals surface area (Å²) in [5.74, 6) is 1.27. The number of aliphatic hydroxyl groups excluding tert-OH is 1. The predicted molar refractivity (Wildman–Crippen MR) is 82.6 cm³/mol. The van der Waals surface area contributed by atoms with E-state index < -0.39 is 12.1 Å². The SMILES string of the molecule is COc1ccc(OC)c(C(O)C(N)Cc2ccccc2)c1. The van der Waals surface area contributed by atoms with Gasteiger partial charge in [0, 0.05) is 11.6 Å². The highest BCUT2D eigenvalue weighted by atomic mass is 16.5. The summed E-state index contributed by atoms with van der Waals surface area (Å²) < 4.78 is 10.5. The molecule has 0 saturated carbocycles. The Hall–Kier alpha value is -2.04. The molecule has 0 radical (unpaired) electrons. The summed E-state index contributed by atoms with van der Waals surface area (Å²) in [5, 5.41) is 10.5. The van der Waals surface area contributed by atoms with Gasteiger partial charge in [0.25, 0.3) is 0 Å². The van der Waals surface area contributed by atoms with Gasteiger partial charge >= 0.3 is 0 Å². The van der Waals surface area contributed by atoms with Crippen molar-refractivity contribution in [3.8, 4) is 11.5 Å². The molecule has 2 atom stereocenters. The molecule has 0 spiro atoms. The number of hydrogen-bond donors (Lipinski definition) is 2. The standard InChI is InChI=1S/C17H21NO3/c1-20-13-8-9-16(21-2)14(11-13)17(19)15(18)10-12-6-4-3-5-7-12/h3-9,11,15,17,19H,10,18H2,1-2H3. The molecule has 0 amide bonds. The number of benzene rings is 2. The Morgan fingerprint density at radius 1 is 1.05 bits per heavy atom. The van der Waals surface area contributed by atoms with Crippen LogP contribution in [0.4, 0.5) is 0 Å². The van der Waals surface area contributed by atoms with Gasteiger partial charge in [0.1, 0.15) is 11.5 Å². The number of ether oxygens (including phenoxy) is 2. The summed E-state index contributed by atoms with van der Waals surface area (Å²) >= 11 is 0. The third-order valence-electron chi connectivity index (χ3n) is 3.48. The van der Waals surface area contributed by atoms with E-state index in [4.69, 9.17) is 15.2 Å². The Morgan fingerprint density at radius 2 is 1.76 bits per heavy atom. The Morgan fingerprint density at radius 3 is 2.38 bits per heavy atom. The molecular formula is C17H21NO3. The number of nitrogens with two attached hydrogens (primary N) is 1. The van der Waals surface area contributed by atoms with E-state index in [0.29, 0.717) is 23.5 Å². The van der Waals surface area contributed by atoms with Gasteiger partial charge in [-0.25, -0.2) is 0 Å². The molecule has 2 rings (SSSR count). The minimum atomic E-state index is -0.824. The summed E-state index contributed by atoms with van der Waals surface area (Å²) in [6, 6.07) is 14.8. The fourth-order valence-electron chi connectivity index (χ4n) is 2.30. The molecule has 4 heteroatoms. The summed E-state index contributed by atoms with van der Waals surface area (Å²) in [6.45, 7) is 0. The maximum absolute atomic E-state index is 10.5. The highest BCUT2D eigenvalue weighted by Crippen LogP contribution is 2.31. The fourth-order valence-corrected chi connectivity index (χ4v) is 2.30. The Kier molecular flexibility index (Phi) is 5.20. The molecule has 2 aromatic rings. The Bertz CT molecular complexity index is 572. The number of aliphatic hydroxyl groups is 1. The maximum atomic E-state index is 10.5. The van der Waals surface area contributed by atoms with Gasteiger partial charge in [-0.05, 0) is 30.2 Å². The van der Waals surface area contributed by atoms with Crippen LogP contribution in [-0.2, 0) is 6.42 Å². The van der Waals surface area contributed by atoms with Gasteiger partial charge in [0.2, 0.25) is 0 Å². The van der Waals surface area contributed by atoms with Crippen molar-refractivity contribution in [2.24, 2.45) is 5.73 Å². The fraction of sp³-hybridized carbons (Fsp3) is 0.294. The minimum Gasteiger partial charge on any atom is -0.497 e. The molecule has 0 aliphatic heterocycles. The first-order valence-corrected chi connectivity index (χ1v) is 6.85. The summed E-state index contributed by atoms with van der Waals surface area (Å²) in [4.78, 5) is 0. The van der Waals surface area contributed by atoms with E-state index in [1.807, 2.05) is 30.3 Å². The highest BCUT2D eigenvalue weighted by Gasteiger charge is 2.21. The van der Waals surface area contributed by atoms with Gasteiger partial charge in [-0.1, -0.05) is 30.3 Å². The highest BCUT2D eigenvalue weighted by molar-refractivity contribution is 5.42. The van der Waals surface area contributed by atoms with E-state index in [0.717, 1.165) is 5.56 Å². The molecular weight excluding hydrogens is 266 g/mol. The second kappa shape index (κ2) is 7.11. The summed E-state index contributed by atoms with van der Waals surface area (Å²) in [6.07, 6.45) is -0.238. The Labute approximate surface area is 125 Å². The first-order valence-electron chi connectivity index (χ1n) is 6.85. The lowest BCUT2D eigenvalue weighted by Crippen LogP contribution is -2.31. The molecule has 2 unspecified atom stereocenters. The molecule has 21 heavy (non-hydrogen) atoms. The number of hydrogen-bond acceptors (Lipinski definition) is 4. The molecule has 0 heterocycles. The van der Waals surface area contributed by atoms with Crippen LogP contribution in [-0.4, -0.2) is 25.4 Å². The molecule has 0 aliphatic rings. The molecule has 0 aliphatic carbocycles. The smallest absolute Gasteiger partial charge is 0.124 e. The van der Waals surface area contributed by atoms with E-state index in [1.165, 1.54) is 0 Å². The van der Waals surface area contributed by atoms with Crippen molar-refractivity contribution >= 4 is 0 Å². The zero-order valence-corrected chi connectivity index (χ0v) is 12.3. The van der Waals surface area contributed by atoms with Crippen molar-refractivity contribution in [3.05, 3.63) is 59.7 Å². The van der Waals surface area contributed by atoms with E-state index in [1.54, 1.807) is 32.4 Å². The molecule has 0 fully saturated rings. The van der Waals surface area contributed by atoms with Gasteiger partial charge in [0.15, 0.2) is 0 Å². The third kappa shape index (κ3) is 3.74. The average Bonchev–Trinajstić information content (AvgIpc) is 2.54. The van der Waals surface area contributed by atoms with E-state index in [-0.39, 0.29) is 0 Å². The Balaban J connectivity index is 2.20. The van der Waals surface area contributed by atoms with Crippen LogP contribution < -0.4 is 15.2 Å². The number of methoxy groups -OCH3 is 2. The van der Waals surface area contributed by atoms with Gasteiger partial charge in [0.05, 0.1) is 20.3 Å². The normalized spacial score (nSPS) is 13.5. The van der Waals surface area contributed by atoms with Crippen molar-refractivity contribution in [3.63, 3.8) is 0 Å². The monoisotopic (exact) mass is 287 g/mol. The van der Waals surface area contributed by atoms with E-state index in [2.05, 4.69) is 0 Å². The zero-order chi connectivity index (χ0) is 15.2. The first kappa shape index (κ1) is 15.4. The minimum absolute atomic E-state index is 0.423. The van der Waals surface area contributed by atoms with Crippen molar-refractivity contribution < 1.29 is 14.6 Å². The van der Waals surface area contributed by atoms with Crippen molar-refractivity contribution in [1.82, 2.24) is 0 Å². The van der Waals surface area contributed by atoms with Crippen LogP contribution in [0.15, 0.2) is 48.5 Å². The van der Waals surface area contributed by atoms with Crippen molar-refractivity contribution in [2.75, 3.05) is 14.2 Å². The largest absolute Gasteiger partial charge is 0.497 e. The van der Waals surface area contributed by atoms with Gasteiger partial charge < -0.3 is 20.3 Å². The average molecular weight is 287 g/mol. The van der Waals surface area contributed by atoms with Crippen LogP contribution in [0.1, 0.15) is 17.2 Å². The quantitative estimate of drug-likeness (QED) is 0.855. The van der Waals surface area contributed by atoms with Crippen LogP contribution in [0.2, 0.25) is 0 Å². The van der Waals surface area contributed by atoms with Gasteiger partial charge in [-0.3, -0.25) is 0 Å². The predicted octanol–water partition coefficient (Wildman–Crippen LogP) is 2.31. The van der Waals surface area contributed by atoms with Gasteiger partial charge in [-0.15, -0.1) is 0 Å².